The molecule has 82 heavy (non-hydrogen) atoms. The van der Waals surface area contributed by atoms with Crippen LogP contribution in [0.2, 0.25) is 0 Å². The average Bonchev–Trinajstić information content (AvgIpc) is 3.37. The van der Waals surface area contributed by atoms with E-state index in [9.17, 15) is 21.6 Å². The molecule has 4 aliphatic heterocycles. The van der Waals surface area contributed by atoms with Gasteiger partial charge in [-0.1, -0.05) is 243 Å². The molecular weight excluding hydrogens is 1110 g/mol. The minimum atomic E-state index is -5.69. The Morgan fingerprint density at radius 1 is 0.366 bits per heavy atom. The van der Waals surface area contributed by atoms with Gasteiger partial charge in [-0.3, -0.25) is 0 Å². The van der Waals surface area contributed by atoms with Crippen LogP contribution < -0.4 is 0 Å². The molecule has 4 fully saturated rings. The standard InChI is InChI=1S/C33H34B2P2.C18H18BF3O3PS.C16H17BP/c34-36(30(26-13-5-1-6-14-26)21-22-31(36)27-15-7-2-8-16-27)25-37(35)32(28-17-9-3-10-18-28)23-24-33(37)29-19-11-4-12-20-29;19-26(13-25-27(23,24)18(20,21)22)16(14-7-3-1-4-8-14)11-12-17(26)15-9-5-2-6-10-15;17-18-15(13-7-3-1-4-8-13)11-12-16(18)14-9-5-2-6-10-14/h1-20,30-33H,21-25H2;1-10,16-17H,11-13H2;1-10,15-16,18H,11-12H2/q+2;2*+1/t30-,31?,32-,33?,36?,37?;16-,17?,26?;15-,16?/m111/s1. The summed E-state index contributed by atoms with van der Waals surface area (Å²) in [4.78, 5) is 0. The zero-order valence-corrected chi connectivity index (χ0v) is 50.7. The first-order chi connectivity index (χ1) is 39.6. The molecule has 15 heteroatoms. The third-order valence-corrected chi connectivity index (χ3v) is 36.7. The van der Waals surface area contributed by atoms with Crippen molar-refractivity contribution in [3.05, 3.63) is 287 Å². The lowest BCUT2D eigenvalue weighted by Crippen LogP contribution is -2.27. The first-order valence-corrected chi connectivity index (χ1v) is 38.2. The third-order valence-electron chi connectivity index (χ3n) is 17.9. The number of benzene rings is 8. The van der Waals surface area contributed by atoms with Crippen molar-refractivity contribution in [1.29, 1.82) is 0 Å². The van der Waals surface area contributed by atoms with Gasteiger partial charge in [0.2, 0.25) is 0 Å². The van der Waals surface area contributed by atoms with Crippen molar-refractivity contribution in [3.63, 3.8) is 0 Å². The molecule has 0 N–H and O–H groups in total. The van der Waals surface area contributed by atoms with Crippen LogP contribution >= 0.6 is 29.2 Å². The van der Waals surface area contributed by atoms with E-state index in [-0.39, 0.29) is 11.3 Å². The van der Waals surface area contributed by atoms with E-state index < -0.39 is 51.2 Å². The highest BCUT2D eigenvalue weighted by Crippen LogP contribution is 2.94. The normalized spacial score (nSPS) is 28.7. The van der Waals surface area contributed by atoms with Gasteiger partial charge in [0.1, 0.15) is 5.90 Å². The highest BCUT2D eigenvalue weighted by molar-refractivity contribution is 8.12. The Morgan fingerprint density at radius 2 is 0.573 bits per heavy atom. The van der Waals surface area contributed by atoms with Crippen LogP contribution in [-0.2, 0) is 14.3 Å². The highest BCUT2D eigenvalue weighted by atomic mass is 32.2. The van der Waals surface area contributed by atoms with Gasteiger partial charge in [-0.05, 0) is 104 Å². The van der Waals surface area contributed by atoms with Crippen molar-refractivity contribution in [1.82, 2.24) is 0 Å². The van der Waals surface area contributed by atoms with E-state index in [1.165, 1.54) is 46.2 Å². The molecule has 0 bridgehead atoms. The molecule has 8 radical (unpaired) electrons. The van der Waals surface area contributed by atoms with Gasteiger partial charge in [-0.2, -0.15) is 21.6 Å². The summed E-state index contributed by atoms with van der Waals surface area (Å²) in [5, 5.41) is 0. The van der Waals surface area contributed by atoms with Gasteiger partial charge < -0.3 is 0 Å². The van der Waals surface area contributed by atoms with Gasteiger partial charge in [0, 0.05) is 21.4 Å². The summed E-state index contributed by atoms with van der Waals surface area (Å²) in [7, 11) is 15.9. The molecule has 0 aromatic heterocycles. The molecule has 3 nitrogen and oxygen atoms in total. The maximum Gasteiger partial charge on any atom is 0.523 e. The van der Waals surface area contributed by atoms with Gasteiger partial charge >= 0.3 is 45.9 Å². The fraction of sp³-hybridized carbons (Fsp3) is 0.284. The Morgan fingerprint density at radius 3 is 0.793 bits per heavy atom. The largest absolute Gasteiger partial charge is 0.523 e. The highest BCUT2D eigenvalue weighted by Gasteiger charge is 2.65. The summed E-state index contributed by atoms with van der Waals surface area (Å²) < 4.78 is 65.6. The van der Waals surface area contributed by atoms with E-state index in [0.29, 0.717) is 46.8 Å². The molecule has 410 valence electrons. The molecule has 8 aromatic rings. The first-order valence-electron chi connectivity index (χ1n) is 28.6. The van der Waals surface area contributed by atoms with Crippen molar-refractivity contribution < 1.29 is 25.8 Å². The number of hydrogen-bond donors (Lipinski definition) is 0. The van der Waals surface area contributed by atoms with Crippen molar-refractivity contribution in [3.8, 4) is 0 Å². The van der Waals surface area contributed by atoms with Crippen molar-refractivity contribution in [2.75, 3.05) is 12.3 Å². The molecule has 0 amide bonds. The SMILES string of the molecule is [B][P+]1(COS(=O)(=O)C(F)(F)F)C(c2ccccc2)CC[C@@H]1c1ccccc1.[B][P+]1(C[P+]2([B])C(c3ccccc3)CC[C@@H]2c2ccccc2)C(c2ccccc2)CC[C@@H]1c1ccccc1.[B][PH+]1C(c2ccccc2)CC[C@@H]1c1ccccc1. The lowest BCUT2D eigenvalue weighted by Gasteiger charge is -2.39. The van der Waals surface area contributed by atoms with Crippen molar-refractivity contribution in [2.45, 2.75) is 102 Å². The van der Waals surface area contributed by atoms with Crippen LogP contribution in [-0.4, -0.2) is 56.4 Å². The van der Waals surface area contributed by atoms with E-state index >= 15 is 0 Å². The topological polar surface area (TPSA) is 43.4 Å². The number of hydrogen-bond acceptors (Lipinski definition) is 3. The van der Waals surface area contributed by atoms with Gasteiger partial charge in [-0.15, -0.1) is 0 Å². The Balaban J connectivity index is 0.000000147. The van der Waals surface area contributed by atoms with Crippen LogP contribution in [0.15, 0.2) is 243 Å². The average molecular weight is 1180 g/mol. The molecule has 12 atom stereocenters. The molecular formula is C67H69B4F3O3P4S+4. The molecule has 4 aliphatic rings. The second-order valence-corrected chi connectivity index (χ2v) is 37.7. The van der Waals surface area contributed by atoms with Crippen LogP contribution in [0.5, 0.6) is 0 Å². The van der Waals surface area contributed by atoms with Crippen molar-refractivity contribution >= 4 is 69.6 Å². The van der Waals surface area contributed by atoms with E-state index in [1.54, 1.807) is 0 Å². The molecule has 0 saturated carbocycles. The third kappa shape index (κ3) is 13.3. The van der Waals surface area contributed by atoms with E-state index in [2.05, 4.69) is 186 Å². The second-order valence-electron chi connectivity index (χ2n) is 22.6. The van der Waals surface area contributed by atoms with E-state index in [1.807, 2.05) is 60.7 Å². The van der Waals surface area contributed by atoms with Crippen LogP contribution in [0.1, 0.15) is 141 Å². The predicted octanol–water partition coefficient (Wildman–Crippen LogP) is 19.4. The Labute approximate surface area is 493 Å². The number of rotatable bonds is 13. The summed E-state index contributed by atoms with van der Waals surface area (Å²) in [6, 6.07) is 84.5. The molecule has 12 rings (SSSR count). The van der Waals surface area contributed by atoms with E-state index in [4.69, 9.17) is 30.3 Å². The molecule has 4 heterocycles. The minimum absolute atomic E-state index is 0.215. The molecule has 8 aromatic carbocycles. The zero-order chi connectivity index (χ0) is 57.4. The molecule has 4 saturated heterocycles. The number of alkyl halides is 3. The zero-order valence-electron chi connectivity index (χ0n) is 46.2. The molecule has 0 spiro atoms. The van der Waals surface area contributed by atoms with Gasteiger partial charge in [-0.25, -0.2) is 4.18 Å². The first kappa shape index (κ1) is 60.6. The molecule has 0 aliphatic carbocycles. The lowest BCUT2D eigenvalue weighted by atomic mass is 10.0. The van der Waals surface area contributed by atoms with Crippen LogP contribution in [0.4, 0.5) is 13.2 Å². The van der Waals surface area contributed by atoms with Gasteiger partial charge in [0.15, 0.2) is 6.35 Å². The Hall–Kier alpha value is -4.56. The van der Waals surface area contributed by atoms with Crippen LogP contribution in [0.3, 0.4) is 0 Å². The maximum absolute atomic E-state index is 12.7. The lowest BCUT2D eigenvalue weighted by molar-refractivity contribution is -0.0531. The summed E-state index contributed by atoms with van der Waals surface area (Å²) >= 11 is 0. The summed E-state index contributed by atoms with van der Waals surface area (Å²) in [6.07, 6.45) is 7.81. The number of halogens is 3. The Bertz CT molecular complexity index is 3080. The van der Waals surface area contributed by atoms with Crippen LogP contribution in [0.25, 0.3) is 0 Å². The smallest absolute Gasteiger partial charge is 0.226 e. The fourth-order valence-corrected chi connectivity index (χ4v) is 34.4. The summed E-state index contributed by atoms with van der Waals surface area (Å²) in [6.45, 7) is 0. The van der Waals surface area contributed by atoms with E-state index in [0.717, 1.165) is 42.7 Å². The predicted molar refractivity (Wildman–Crippen MR) is 348 cm³/mol. The second kappa shape index (κ2) is 26.8. The molecule has 8 unspecified atom stereocenters. The maximum atomic E-state index is 12.7. The van der Waals surface area contributed by atoms with Gasteiger partial charge in [0.25, 0.3) is 0 Å². The Kier molecular flexibility index (Phi) is 19.8. The summed E-state index contributed by atoms with van der Waals surface area (Å²) in [5.41, 5.74) is 7.30. The summed E-state index contributed by atoms with van der Waals surface area (Å²) in [5.74, 6) is 1.01. The van der Waals surface area contributed by atoms with Gasteiger partial charge in [0.05, 0.1) is 45.3 Å². The monoisotopic (exact) mass is 1180 g/mol. The minimum Gasteiger partial charge on any atom is -0.226 e. The quantitative estimate of drug-likeness (QED) is 0.0500. The fourth-order valence-electron chi connectivity index (χ4n) is 14.0. The van der Waals surface area contributed by atoms with Crippen molar-refractivity contribution in [2.24, 2.45) is 0 Å². The van der Waals surface area contributed by atoms with Crippen LogP contribution in [0, 0.1) is 0 Å².